The smallest absolute Gasteiger partial charge is 0.387 e. The van der Waals surface area contributed by atoms with Crippen LogP contribution in [-0.4, -0.2) is 25.9 Å². The van der Waals surface area contributed by atoms with Crippen LogP contribution in [0, 0.1) is 0 Å². The first-order valence-electron chi connectivity index (χ1n) is 5.54. The van der Waals surface area contributed by atoms with E-state index in [0.29, 0.717) is 11.1 Å². The molecule has 0 aliphatic carbocycles. The largest absolute Gasteiger partial charge is 0.434 e. The van der Waals surface area contributed by atoms with Crippen molar-refractivity contribution in [3.8, 4) is 5.75 Å². The molecule has 2 rings (SSSR count). The molecule has 1 saturated heterocycles. The van der Waals surface area contributed by atoms with Gasteiger partial charge in [-0.05, 0) is 34.5 Å². The highest BCUT2D eigenvalue weighted by atomic mass is 79.9. The molecule has 1 heterocycles. The Balaban J connectivity index is 2.05. The van der Waals surface area contributed by atoms with Gasteiger partial charge in [-0.1, -0.05) is 12.1 Å². The summed E-state index contributed by atoms with van der Waals surface area (Å²) in [6, 6.07) is 4.95. The van der Waals surface area contributed by atoms with E-state index >= 15 is 0 Å². The Hall–Kier alpha value is -0.720. The Bertz CT molecular complexity index is 410. The van der Waals surface area contributed by atoms with Crippen molar-refractivity contribution in [3.63, 3.8) is 0 Å². The summed E-state index contributed by atoms with van der Waals surface area (Å²) in [7, 11) is 0. The molecule has 1 aromatic rings. The summed E-state index contributed by atoms with van der Waals surface area (Å²) < 4.78 is 40.0. The maximum atomic E-state index is 12.2. The van der Waals surface area contributed by atoms with E-state index in [2.05, 4.69) is 20.7 Å². The quantitative estimate of drug-likeness (QED) is 0.751. The monoisotopic (exact) mass is 322 g/mol. The Labute approximate surface area is 112 Å². The third-order valence-corrected chi connectivity index (χ3v) is 3.43. The fourth-order valence-electron chi connectivity index (χ4n) is 1.53. The summed E-state index contributed by atoms with van der Waals surface area (Å²) in [4.78, 5) is 0. The predicted molar refractivity (Wildman–Crippen MR) is 64.9 cm³/mol. The minimum atomic E-state index is -2.84. The van der Waals surface area contributed by atoms with Crippen molar-refractivity contribution in [3.05, 3.63) is 28.2 Å². The number of alkyl halides is 2. The molecule has 0 unspecified atom stereocenters. The molecule has 6 heteroatoms. The summed E-state index contributed by atoms with van der Waals surface area (Å²) >= 11 is 3.26. The highest BCUT2D eigenvalue weighted by molar-refractivity contribution is 9.10. The van der Waals surface area contributed by atoms with Crippen LogP contribution in [-0.2, 0) is 9.47 Å². The number of hydrogen-bond acceptors (Lipinski definition) is 3. The van der Waals surface area contributed by atoms with Gasteiger partial charge in [0.1, 0.15) is 11.9 Å². The Morgan fingerprint density at radius 1 is 1.50 bits per heavy atom. The second-order valence-electron chi connectivity index (χ2n) is 3.97. The predicted octanol–water partition coefficient (Wildman–Crippen LogP) is 3.53. The lowest BCUT2D eigenvalue weighted by Crippen LogP contribution is -2.08. The first-order chi connectivity index (χ1) is 8.58. The topological polar surface area (TPSA) is 31.0 Å². The molecule has 0 aromatic heterocycles. The molecule has 1 aromatic carbocycles. The molecule has 0 saturated carbocycles. The van der Waals surface area contributed by atoms with Gasteiger partial charge in [0.2, 0.25) is 0 Å². The minimum absolute atomic E-state index is 0.112. The van der Waals surface area contributed by atoms with Crippen molar-refractivity contribution < 1.29 is 23.0 Å². The van der Waals surface area contributed by atoms with Gasteiger partial charge in [0.05, 0.1) is 23.8 Å². The number of ether oxygens (including phenoxy) is 3. The molecular formula is C12H13BrF2O3. The normalized spacial score (nSPS) is 19.9. The highest BCUT2D eigenvalue weighted by Gasteiger charge is 2.24. The molecule has 2 atom stereocenters. The van der Waals surface area contributed by atoms with Crippen molar-refractivity contribution in [1.29, 1.82) is 0 Å². The van der Waals surface area contributed by atoms with Crippen LogP contribution in [0.1, 0.15) is 18.6 Å². The molecule has 1 aliphatic rings. The number of hydrogen-bond donors (Lipinski definition) is 0. The van der Waals surface area contributed by atoms with Crippen LogP contribution in [0.2, 0.25) is 0 Å². The number of epoxide rings is 1. The lowest BCUT2D eigenvalue weighted by Gasteiger charge is -2.16. The van der Waals surface area contributed by atoms with Crippen molar-refractivity contribution >= 4 is 15.9 Å². The lowest BCUT2D eigenvalue weighted by molar-refractivity contribution is -0.0506. The maximum absolute atomic E-state index is 12.2. The van der Waals surface area contributed by atoms with Crippen molar-refractivity contribution in [2.24, 2.45) is 0 Å². The van der Waals surface area contributed by atoms with E-state index in [1.807, 2.05) is 6.92 Å². The van der Waals surface area contributed by atoms with Crippen molar-refractivity contribution in [2.45, 2.75) is 25.7 Å². The van der Waals surface area contributed by atoms with Crippen molar-refractivity contribution in [1.82, 2.24) is 0 Å². The van der Waals surface area contributed by atoms with Gasteiger partial charge >= 0.3 is 6.61 Å². The fourth-order valence-corrected chi connectivity index (χ4v) is 2.21. The number of benzene rings is 1. The van der Waals surface area contributed by atoms with Gasteiger partial charge in [0, 0.05) is 0 Å². The SMILES string of the molecule is C[C@@H](OC[C@H]1CO1)c1cccc(OC(F)F)c1Br. The van der Waals surface area contributed by atoms with Gasteiger partial charge < -0.3 is 14.2 Å². The van der Waals surface area contributed by atoms with Crippen LogP contribution in [0.5, 0.6) is 5.75 Å². The minimum Gasteiger partial charge on any atom is -0.434 e. The molecule has 0 bridgehead atoms. The molecule has 0 spiro atoms. The van der Waals surface area contributed by atoms with Gasteiger partial charge in [0.25, 0.3) is 0 Å². The summed E-state index contributed by atoms with van der Waals surface area (Å²) in [6.45, 7) is 0.248. The Morgan fingerprint density at radius 3 is 2.83 bits per heavy atom. The highest BCUT2D eigenvalue weighted by Crippen LogP contribution is 2.34. The first-order valence-corrected chi connectivity index (χ1v) is 6.33. The zero-order valence-corrected chi connectivity index (χ0v) is 11.3. The summed E-state index contributed by atoms with van der Waals surface area (Å²) in [6.07, 6.45) is -0.0449. The third kappa shape index (κ3) is 3.63. The van der Waals surface area contributed by atoms with Crippen LogP contribution in [0.4, 0.5) is 8.78 Å². The fraction of sp³-hybridized carbons (Fsp3) is 0.500. The van der Waals surface area contributed by atoms with Crippen LogP contribution in [0.15, 0.2) is 22.7 Å². The molecule has 1 fully saturated rings. The van der Waals surface area contributed by atoms with Gasteiger partial charge in [-0.3, -0.25) is 0 Å². The average Bonchev–Trinajstić information content (AvgIpc) is 3.12. The zero-order chi connectivity index (χ0) is 13.1. The second kappa shape index (κ2) is 5.95. The Kier molecular flexibility index (Phi) is 4.53. The van der Waals surface area contributed by atoms with Crippen molar-refractivity contribution in [2.75, 3.05) is 13.2 Å². The van der Waals surface area contributed by atoms with E-state index in [4.69, 9.17) is 9.47 Å². The summed E-state index contributed by atoms with van der Waals surface area (Å²) in [5, 5.41) is 0. The van der Waals surface area contributed by atoms with Gasteiger partial charge in [-0.25, -0.2) is 0 Å². The molecule has 0 amide bonds. The maximum Gasteiger partial charge on any atom is 0.387 e. The van der Waals surface area contributed by atoms with E-state index in [-0.39, 0.29) is 18.0 Å². The standard InChI is InChI=1S/C12H13BrF2O3/c1-7(16-5-8-6-17-8)9-3-2-4-10(11(9)13)18-12(14)15/h2-4,7-8,12H,5-6H2,1H3/t7-,8+/m1/s1. The zero-order valence-electron chi connectivity index (χ0n) is 9.74. The van der Waals surface area contributed by atoms with Gasteiger partial charge in [-0.2, -0.15) is 8.78 Å². The number of halogens is 3. The molecule has 0 radical (unpaired) electrons. The molecule has 1 aliphatic heterocycles. The molecule has 100 valence electrons. The van der Waals surface area contributed by atoms with Crippen LogP contribution in [0.25, 0.3) is 0 Å². The van der Waals surface area contributed by atoms with E-state index in [1.54, 1.807) is 12.1 Å². The average molecular weight is 323 g/mol. The second-order valence-corrected chi connectivity index (χ2v) is 4.76. The van der Waals surface area contributed by atoms with Crippen LogP contribution >= 0.6 is 15.9 Å². The van der Waals surface area contributed by atoms with E-state index in [9.17, 15) is 8.78 Å². The number of rotatable bonds is 6. The molecule has 3 nitrogen and oxygen atoms in total. The van der Waals surface area contributed by atoms with E-state index in [0.717, 1.165) is 12.2 Å². The first kappa shape index (κ1) is 13.7. The molecular weight excluding hydrogens is 310 g/mol. The van der Waals surface area contributed by atoms with Crippen LogP contribution in [0.3, 0.4) is 0 Å². The van der Waals surface area contributed by atoms with Crippen LogP contribution < -0.4 is 4.74 Å². The van der Waals surface area contributed by atoms with Gasteiger partial charge in [-0.15, -0.1) is 0 Å². The molecule has 18 heavy (non-hydrogen) atoms. The van der Waals surface area contributed by atoms with E-state index in [1.165, 1.54) is 6.07 Å². The molecule has 0 N–H and O–H groups in total. The summed E-state index contributed by atoms with van der Waals surface area (Å²) in [5.74, 6) is 0.112. The third-order valence-electron chi connectivity index (χ3n) is 2.58. The lowest BCUT2D eigenvalue weighted by atomic mass is 10.1. The Morgan fingerprint density at radius 2 is 2.22 bits per heavy atom. The summed E-state index contributed by atoms with van der Waals surface area (Å²) in [5.41, 5.74) is 0.772. The van der Waals surface area contributed by atoms with E-state index < -0.39 is 6.61 Å². The van der Waals surface area contributed by atoms with Gasteiger partial charge in [0.15, 0.2) is 0 Å².